The number of phenolic OH excluding ortho intramolecular Hbond substituents is 1. The molecular formula is C11H15NO4S. The Morgan fingerprint density at radius 3 is 2.88 bits per heavy atom. The Morgan fingerprint density at radius 1 is 1.47 bits per heavy atom. The molecule has 1 aromatic rings. The van der Waals surface area contributed by atoms with E-state index in [-0.39, 0.29) is 16.7 Å². The van der Waals surface area contributed by atoms with Gasteiger partial charge in [0.1, 0.15) is 5.75 Å². The van der Waals surface area contributed by atoms with Crippen molar-refractivity contribution in [2.75, 3.05) is 19.7 Å². The first kappa shape index (κ1) is 12.3. The van der Waals surface area contributed by atoms with Crippen molar-refractivity contribution in [2.24, 2.45) is 0 Å². The lowest BCUT2D eigenvalue weighted by Gasteiger charge is -2.30. The Kier molecular flexibility index (Phi) is 3.37. The van der Waals surface area contributed by atoms with Gasteiger partial charge in [-0.1, -0.05) is 6.07 Å². The Bertz CT molecular complexity index is 500. The fourth-order valence-corrected chi connectivity index (χ4v) is 3.34. The molecule has 1 unspecified atom stereocenters. The number of sulfonamides is 1. The number of rotatable bonds is 2. The molecule has 0 radical (unpaired) electrons. The lowest BCUT2D eigenvalue weighted by atomic mass is 10.3. The molecule has 0 spiro atoms. The third-order valence-corrected chi connectivity index (χ3v) is 4.52. The van der Waals surface area contributed by atoms with E-state index in [1.165, 1.54) is 28.6 Å². The Labute approximate surface area is 101 Å². The normalized spacial score (nSPS) is 22.5. The molecule has 1 aliphatic rings. The summed E-state index contributed by atoms with van der Waals surface area (Å²) in [6.07, 6.45) is -0.101. The molecule has 0 bridgehead atoms. The molecule has 1 aromatic carbocycles. The second-order valence-electron chi connectivity index (χ2n) is 4.04. The third-order valence-electron chi connectivity index (χ3n) is 2.66. The minimum absolute atomic E-state index is 0.0487. The van der Waals surface area contributed by atoms with Gasteiger partial charge in [-0.25, -0.2) is 8.42 Å². The summed E-state index contributed by atoms with van der Waals surface area (Å²) in [6.45, 7) is 2.93. The first-order valence-corrected chi connectivity index (χ1v) is 6.85. The van der Waals surface area contributed by atoms with Crippen LogP contribution in [0.25, 0.3) is 0 Å². The van der Waals surface area contributed by atoms with Gasteiger partial charge in [0.25, 0.3) is 0 Å². The SMILES string of the molecule is CC1CN(S(=O)(=O)c2cccc(O)c2)CCO1. The van der Waals surface area contributed by atoms with Crippen LogP contribution in [0.3, 0.4) is 0 Å². The zero-order chi connectivity index (χ0) is 12.5. The molecule has 0 aromatic heterocycles. The van der Waals surface area contributed by atoms with Crippen LogP contribution in [0.15, 0.2) is 29.2 Å². The minimum atomic E-state index is -3.52. The minimum Gasteiger partial charge on any atom is -0.508 e. The molecule has 1 saturated heterocycles. The quantitative estimate of drug-likeness (QED) is 0.851. The molecule has 17 heavy (non-hydrogen) atoms. The van der Waals surface area contributed by atoms with Gasteiger partial charge in [-0.05, 0) is 25.1 Å². The molecule has 0 amide bonds. The second-order valence-corrected chi connectivity index (χ2v) is 5.98. The van der Waals surface area contributed by atoms with Crippen LogP contribution >= 0.6 is 0 Å². The van der Waals surface area contributed by atoms with Crippen molar-refractivity contribution < 1.29 is 18.3 Å². The Balaban J connectivity index is 2.29. The zero-order valence-electron chi connectivity index (χ0n) is 9.54. The molecule has 1 heterocycles. The first-order valence-electron chi connectivity index (χ1n) is 5.41. The van der Waals surface area contributed by atoms with Gasteiger partial charge in [0, 0.05) is 13.1 Å². The van der Waals surface area contributed by atoms with Crippen LogP contribution in [0.4, 0.5) is 0 Å². The molecule has 0 saturated carbocycles. The molecule has 94 valence electrons. The van der Waals surface area contributed by atoms with Crippen molar-refractivity contribution in [3.8, 4) is 5.75 Å². The van der Waals surface area contributed by atoms with E-state index in [1.807, 2.05) is 6.92 Å². The fraction of sp³-hybridized carbons (Fsp3) is 0.455. The lowest BCUT2D eigenvalue weighted by Crippen LogP contribution is -2.44. The summed E-state index contributed by atoms with van der Waals surface area (Å²) < 4.78 is 31.2. The van der Waals surface area contributed by atoms with Gasteiger partial charge in [-0.15, -0.1) is 0 Å². The summed E-state index contributed by atoms with van der Waals surface area (Å²) in [6, 6.07) is 5.71. The number of benzene rings is 1. The maximum absolute atomic E-state index is 12.2. The Hall–Kier alpha value is -1.11. The summed E-state index contributed by atoms with van der Waals surface area (Å²) in [7, 11) is -3.52. The summed E-state index contributed by atoms with van der Waals surface area (Å²) in [4.78, 5) is 0.117. The average molecular weight is 257 g/mol. The van der Waals surface area contributed by atoms with E-state index in [0.717, 1.165) is 0 Å². The van der Waals surface area contributed by atoms with Gasteiger partial charge in [-0.3, -0.25) is 0 Å². The molecular weight excluding hydrogens is 242 g/mol. The molecule has 5 nitrogen and oxygen atoms in total. The molecule has 1 fully saturated rings. The third kappa shape index (κ3) is 2.59. The van der Waals surface area contributed by atoms with E-state index in [0.29, 0.717) is 19.7 Å². The molecule has 0 aliphatic carbocycles. The number of ether oxygens (including phenoxy) is 1. The van der Waals surface area contributed by atoms with Gasteiger partial charge in [-0.2, -0.15) is 4.31 Å². The summed E-state index contributed by atoms with van der Waals surface area (Å²) in [5, 5.41) is 9.32. The van der Waals surface area contributed by atoms with Crippen LogP contribution in [-0.4, -0.2) is 43.6 Å². The molecule has 2 rings (SSSR count). The van der Waals surface area contributed by atoms with Crippen molar-refractivity contribution >= 4 is 10.0 Å². The monoisotopic (exact) mass is 257 g/mol. The van der Waals surface area contributed by atoms with Crippen LogP contribution in [0.2, 0.25) is 0 Å². The topological polar surface area (TPSA) is 66.8 Å². The smallest absolute Gasteiger partial charge is 0.243 e. The van der Waals surface area contributed by atoms with Crippen LogP contribution in [0.1, 0.15) is 6.92 Å². The summed E-state index contributed by atoms with van der Waals surface area (Å²) in [5.74, 6) is -0.0487. The van der Waals surface area contributed by atoms with Crippen molar-refractivity contribution in [1.82, 2.24) is 4.31 Å². The van der Waals surface area contributed by atoms with E-state index in [1.54, 1.807) is 0 Å². The summed E-state index contributed by atoms with van der Waals surface area (Å²) >= 11 is 0. The number of nitrogens with zero attached hydrogens (tertiary/aromatic N) is 1. The number of aromatic hydroxyl groups is 1. The molecule has 1 aliphatic heterocycles. The van der Waals surface area contributed by atoms with Crippen LogP contribution < -0.4 is 0 Å². The summed E-state index contributed by atoms with van der Waals surface area (Å²) in [5.41, 5.74) is 0. The van der Waals surface area contributed by atoms with Gasteiger partial charge >= 0.3 is 0 Å². The highest BCUT2D eigenvalue weighted by molar-refractivity contribution is 7.89. The maximum Gasteiger partial charge on any atom is 0.243 e. The van der Waals surface area contributed by atoms with Crippen LogP contribution in [0.5, 0.6) is 5.75 Å². The van der Waals surface area contributed by atoms with E-state index < -0.39 is 10.0 Å². The van der Waals surface area contributed by atoms with E-state index in [4.69, 9.17) is 4.74 Å². The fourth-order valence-electron chi connectivity index (χ4n) is 1.80. The van der Waals surface area contributed by atoms with Gasteiger partial charge in [0.2, 0.25) is 10.0 Å². The number of hydrogen-bond acceptors (Lipinski definition) is 4. The maximum atomic E-state index is 12.2. The van der Waals surface area contributed by atoms with E-state index >= 15 is 0 Å². The molecule has 1 atom stereocenters. The lowest BCUT2D eigenvalue weighted by molar-refractivity contribution is 0.0102. The largest absolute Gasteiger partial charge is 0.508 e. The zero-order valence-corrected chi connectivity index (χ0v) is 10.4. The standard InChI is InChI=1S/C11H15NO4S/c1-9-8-12(5-6-16-9)17(14,15)11-4-2-3-10(13)7-11/h2-4,7,9,13H,5-6,8H2,1H3. The second kappa shape index (κ2) is 4.64. The van der Waals surface area contributed by atoms with Crippen LogP contribution in [0, 0.1) is 0 Å². The highest BCUT2D eigenvalue weighted by Crippen LogP contribution is 2.21. The number of hydrogen-bond donors (Lipinski definition) is 1. The van der Waals surface area contributed by atoms with Crippen LogP contribution in [-0.2, 0) is 14.8 Å². The molecule has 1 N–H and O–H groups in total. The van der Waals surface area contributed by atoms with E-state index in [2.05, 4.69) is 0 Å². The van der Waals surface area contributed by atoms with Crippen molar-refractivity contribution in [3.05, 3.63) is 24.3 Å². The highest BCUT2D eigenvalue weighted by Gasteiger charge is 2.29. The van der Waals surface area contributed by atoms with Gasteiger partial charge in [0.15, 0.2) is 0 Å². The van der Waals surface area contributed by atoms with Gasteiger partial charge < -0.3 is 9.84 Å². The van der Waals surface area contributed by atoms with Crippen molar-refractivity contribution in [2.45, 2.75) is 17.9 Å². The predicted octanol–water partition coefficient (Wildman–Crippen LogP) is 0.802. The first-order chi connectivity index (χ1) is 8.00. The molecule has 6 heteroatoms. The van der Waals surface area contributed by atoms with Crippen molar-refractivity contribution in [3.63, 3.8) is 0 Å². The average Bonchev–Trinajstić information content (AvgIpc) is 2.29. The highest BCUT2D eigenvalue weighted by atomic mass is 32.2. The Morgan fingerprint density at radius 2 is 2.24 bits per heavy atom. The van der Waals surface area contributed by atoms with Crippen molar-refractivity contribution in [1.29, 1.82) is 0 Å². The van der Waals surface area contributed by atoms with E-state index in [9.17, 15) is 13.5 Å². The predicted molar refractivity (Wildman–Crippen MR) is 62.3 cm³/mol. The van der Waals surface area contributed by atoms with Gasteiger partial charge in [0.05, 0.1) is 17.6 Å². The number of phenols is 1. The number of morpholine rings is 1.